The van der Waals surface area contributed by atoms with Gasteiger partial charge in [-0.25, -0.2) is 0 Å². The maximum Gasteiger partial charge on any atom is 0.306 e. The molecule has 4 nitrogen and oxygen atoms in total. The summed E-state index contributed by atoms with van der Waals surface area (Å²) in [4.78, 5) is 21.2. The van der Waals surface area contributed by atoms with Crippen molar-refractivity contribution in [2.75, 3.05) is 0 Å². The quantitative estimate of drug-likeness (QED) is 0.682. The van der Waals surface area contributed by atoms with Crippen molar-refractivity contribution in [2.45, 2.75) is 57.0 Å². The third-order valence-electron chi connectivity index (χ3n) is 2.79. The summed E-state index contributed by atoms with van der Waals surface area (Å²) in [6, 6.07) is 0. The molecular formula is C11H15F2O4-. The van der Waals surface area contributed by atoms with Crippen LogP contribution in [0, 0.1) is 0 Å². The molecule has 1 saturated carbocycles. The SMILES string of the molecule is O=C(CCC(F)(F)C(=O)[O-])OC1CCCCC1. The van der Waals surface area contributed by atoms with Crippen LogP contribution in [0.15, 0.2) is 0 Å². The van der Waals surface area contributed by atoms with Crippen LogP contribution in [0.4, 0.5) is 8.78 Å². The van der Waals surface area contributed by atoms with Crippen LogP contribution in [0.2, 0.25) is 0 Å². The Morgan fingerprint density at radius 3 is 2.35 bits per heavy atom. The van der Waals surface area contributed by atoms with Crippen molar-refractivity contribution in [1.29, 1.82) is 0 Å². The highest BCUT2D eigenvalue weighted by Crippen LogP contribution is 2.23. The lowest BCUT2D eigenvalue weighted by molar-refractivity contribution is -0.329. The zero-order valence-corrected chi connectivity index (χ0v) is 9.42. The Bertz CT molecular complexity index is 285. The van der Waals surface area contributed by atoms with E-state index in [2.05, 4.69) is 0 Å². The van der Waals surface area contributed by atoms with Gasteiger partial charge in [-0.15, -0.1) is 0 Å². The number of alkyl halides is 2. The van der Waals surface area contributed by atoms with Gasteiger partial charge >= 0.3 is 5.97 Å². The number of carboxylic acid groups (broad SMARTS) is 1. The van der Waals surface area contributed by atoms with Crippen molar-refractivity contribution in [3.05, 3.63) is 0 Å². The second-order valence-corrected chi connectivity index (χ2v) is 4.24. The van der Waals surface area contributed by atoms with Crippen LogP contribution in [-0.4, -0.2) is 24.0 Å². The number of rotatable bonds is 5. The van der Waals surface area contributed by atoms with Crippen LogP contribution in [0.5, 0.6) is 0 Å². The Morgan fingerprint density at radius 2 is 1.82 bits per heavy atom. The molecule has 0 unspecified atom stereocenters. The van der Waals surface area contributed by atoms with E-state index < -0.39 is 30.7 Å². The van der Waals surface area contributed by atoms with Gasteiger partial charge in [-0.05, 0) is 25.7 Å². The second-order valence-electron chi connectivity index (χ2n) is 4.24. The minimum absolute atomic E-state index is 0.201. The lowest BCUT2D eigenvalue weighted by Crippen LogP contribution is -2.41. The summed E-state index contributed by atoms with van der Waals surface area (Å²) >= 11 is 0. The lowest BCUT2D eigenvalue weighted by atomic mass is 9.98. The van der Waals surface area contributed by atoms with Crippen LogP contribution in [0.25, 0.3) is 0 Å². The van der Waals surface area contributed by atoms with Crippen molar-refractivity contribution in [2.24, 2.45) is 0 Å². The molecule has 1 rings (SSSR count). The first-order valence-corrected chi connectivity index (χ1v) is 5.70. The number of ether oxygens (including phenoxy) is 1. The molecule has 0 heterocycles. The van der Waals surface area contributed by atoms with Crippen molar-refractivity contribution in [3.8, 4) is 0 Å². The molecule has 0 amide bonds. The van der Waals surface area contributed by atoms with Crippen LogP contribution < -0.4 is 5.11 Å². The molecule has 0 radical (unpaired) electrons. The van der Waals surface area contributed by atoms with Crippen molar-refractivity contribution < 1.29 is 28.2 Å². The number of carbonyl (C=O) groups is 2. The van der Waals surface area contributed by atoms with Gasteiger partial charge < -0.3 is 14.6 Å². The standard InChI is InChI=1S/C11H16F2O4/c12-11(13,10(15)16)7-6-9(14)17-8-4-2-1-3-5-8/h8H,1-7H2,(H,15,16)/p-1. The molecule has 0 aromatic heterocycles. The molecule has 0 aromatic carbocycles. The number of halogens is 2. The Balaban J connectivity index is 2.27. The van der Waals surface area contributed by atoms with Gasteiger partial charge in [0.2, 0.25) is 0 Å². The maximum absolute atomic E-state index is 12.6. The number of hydrogen-bond donors (Lipinski definition) is 0. The predicted octanol–water partition coefficient (Wildman–Crippen LogP) is 1.03. The van der Waals surface area contributed by atoms with Crippen LogP contribution in [0.3, 0.4) is 0 Å². The fourth-order valence-corrected chi connectivity index (χ4v) is 1.79. The molecule has 0 spiro atoms. The summed E-state index contributed by atoms with van der Waals surface area (Å²) in [5, 5.41) is 10.0. The number of esters is 1. The molecule has 98 valence electrons. The topological polar surface area (TPSA) is 66.4 Å². The highest BCUT2D eigenvalue weighted by molar-refractivity contribution is 5.75. The predicted molar refractivity (Wildman–Crippen MR) is 52.2 cm³/mol. The third kappa shape index (κ3) is 4.66. The maximum atomic E-state index is 12.6. The van der Waals surface area contributed by atoms with E-state index in [9.17, 15) is 23.5 Å². The van der Waals surface area contributed by atoms with E-state index in [-0.39, 0.29) is 6.10 Å². The molecule has 0 aromatic rings. The number of carbonyl (C=O) groups excluding carboxylic acids is 2. The van der Waals surface area contributed by atoms with Gasteiger partial charge in [0.25, 0.3) is 5.92 Å². The fraction of sp³-hybridized carbons (Fsp3) is 0.818. The molecule has 0 atom stereocenters. The first-order valence-electron chi connectivity index (χ1n) is 5.70. The van der Waals surface area contributed by atoms with Gasteiger partial charge in [-0.1, -0.05) is 6.42 Å². The Hall–Kier alpha value is -1.20. The monoisotopic (exact) mass is 249 g/mol. The van der Waals surface area contributed by atoms with Gasteiger partial charge in [-0.2, -0.15) is 8.78 Å². The molecular weight excluding hydrogens is 234 g/mol. The fourth-order valence-electron chi connectivity index (χ4n) is 1.79. The van der Waals surface area contributed by atoms with Crippen molar-refractivity contribution in [1.82, 2.24) is 0 Å². The Morgan fingerprint density at radius 1 is 1.24 bits per heavy atom. The van der Waals surface area contributed by atoms with Crippen LogP contribution >= 0.6 is 0 Å². The summed E-state index contributed by atoms with van der Waals surface area (Å²) in [7, 11) is 0. The zero-order chi connectivity index (χ0) is 12.9. The van der Waals surface area contributed by atoms with E-state index in [1.165, 1.54) is 0 Å². The lowest BCUT2D eigenvalue weighted by Gasteiger charge is -2.22. The van der Waals surface area contributed by atoms with Gasteiger partial charge in [0.05, 0.1) is 6.42 Å². The minimum Gasteiger partial charge on any atom is -0.544 e. The summed E-state index contributed by atoms with van der Waals surface area (Å²) < 4.78 is 30.2. The number of hydrogen-bond acceptors (Lipinski definition) is 4. The van der Waals surface area contributed by atoms with Gasteiger partial charge in [0, 0.05) is 6.42 Å². The van der Waals surface area contributed by atoms with E-state index in [1.54, 1.807) is 0 Å². The first-order chi connectivity index (χ1) is 7.92. The number of aliphatic carboxylic acids is 1. The smallest absolute Gasteiger partial charge is 0.306 e. The van der Waals surface area contributed by atoms with Crippen molar-refractivity contribution in [3.63, 3.8) is 0 Å². The summed E-state index contributed by atoms with van der Waals surface area (Å²) in [6.45, 7) is 0. The Labute approximate surface area is 97.9 Å². The second kappa shape index (κ2) is 5.93. The zero-order valence-electron chi connectivity index (χ0n) is 9.42. The summed E-state index contributed by atoms with van der Waals surface area (Å²) in [6.07, 6.45) is 2.66. The number of carboxylic acids is 1. The van der Waals surface area contributed by atoms with Gasteiger partial charge in [0.1, 0.15) is 12.1 Å². The van der Waals surface area contributed by atoms with Crippen molar-refractivity contribution >= 4 is 11.9 Å². The molecule has 0 bridgehead atoms. The normalized spacial score (nSPS) is 17.8. The van der Waals surface area contributed by atoms with E-state index in [0.717, 1.165) is 32.1 Å². The van der Waals surface area contributed by atoms with E-state index in [4.69, 9.17) is 4.74 Å². The third-order valence-corrected chi connectivity index (χ3v) is 2.79. The summed E-state index contributed by atoms with van der Waals surface area (Å²) in [5.41, 5.74) is 0. The van der Waals surface area contributed by atoms with E-state index >= 15 is 0 Å². The molecule has 1 aliphatic carbocycles. The van der Waals surface area contributed by atoms with Crippen LogP contribution in [0.1, 0.15) is 44.9 Å². The summed E-state index contributed by atoms with van der Waals surface area (Å²) in [5.74, 6) is -7.19. The minimum atomic E-state index is -3.97. The largest absolute Gasteiger partial charge is 0.544 e. The highest BCUT2D eigenvalue weighted by Gasteiger charge is 2.32. The molecule has 6 heteroatoms. The Kier molecular flexibility index (Phi) is 4.84. The average Bonchev–Trinajstić information content (AvgIpc) is 2.28. The van der Waals surface area contributed by atoms with Gasteiger partial charge in [-0.3, -0.25) is 4.79 Å². The van der Waals surface area contributed by atoms with Gasteiger partial charge in [0.15, 0.2) is 0 Å². The molecule has 0 N–H and O–H groups in total. The molecule has 1 fully saturated rings. The molecule has 17 heavy (non-hydrogen) atoms. The highest BCUT2D eigenvalue weighted by atomic mass is 19.3. The van der Waals surface area contributed by atoms with E-state index in [0.29, 0.717) is 0 Å². The van der Waals surface area contributed by atoms with Crippen LogP contribution in [-0.2, 0) is 14.3 Å². The average molecular weight is 249 g/mol. The first kappa shape index (κ1) is 13.9. The molecule has 1 aliphatic rings. The molecule has 0 aliphatic heterocycles. The van der Waals surface area contributed by atoms with E-state index in [1.807, 2.05) is 0 Å². The molecule has 0 saturated heterocycles.